The van der Waals surface area contributed by atoms with Crippen molar-refractivity contribution in [3.05, 3.63) is 53.2 Å². The van der Waals surface area contributed by atoms with E-state index in [2.05, 4.69) is 4.99 Å². The molecule has 0 bridgehead atoms. The van der Waals surface area contributed by atoms with Gasteiger partial charge in [0.25, 0.3) is 0 Å². The van der Waals surface area contributed by atoms with Crippen LogP contribution in [0.5, 0.6) is 0 Å². The summed E-state index contributed by atoms with van der Waals surface area (Å²) in [5.74, 6) is 1.29. The molecular weight excluding hydrogens is 205 g/mol. The highest BCUT2D eigenvalue weighted by molar-refractivity contribution is 5.83. The molecule has 0 aliphatic rings. The van der Waals surface area contributed by atoms with E-state index in [4.69, 9.17) is 4.42 Å². The molecule has 1 aromatic heterocycles. The van der Waals surface area contributed by atoms with Crippen LogP contribution in [0.25, 0.3) is 0 Å². The summed E-state index contributed by atoms with van der Waals surface area (Å²) in [6, 6.07) is 8.29. The molecule has 0 saturated heterocycles. The van der Waals surface area contributed by atoms with Crippen LogP contribution in [-0.4, -0.2) is 6.21 Å². The predicted molar refractivity (Wildman–Crippen MR) is 61.8 cm³/mol. The van der Waals surface area contributed by atoms with Gasteiger partial charge in [0.15, 0.2) is 0 Å². The lowest BCUT2D eigenvalue weighted by atomic mass is 10.2. The summed E-state index contributed by atoms with van der Waals surface area (Å²) in [4.78, 5) is 4.09. The molecule has 2 nitrogen and oxygen atoms in total. The van der Waals surface area contributed by atoms with E-state index in [0.717, 1.165) is 17.1 Å². The van der Waals surface area contributed by atoms with E-state index in [1.54, 1.807) is 24.4 Å². The van der Waals surface area contributed by atoms with Gasteiger partial charge in [-0.2, -0.15) is 0 Å². The predicted octanol–water partition coefficient (Wildman–Crippen LogP) is 3.79. The van der Waals surface area contributed by atoms with Crippen molar-refractivity contribution in [1.29, 1.82) is 0 Å². The van der Waals surface area contributed by atoms with Gasteiger partial charge in [-0.05, 0) is 32.0 Å². The second-order valence-electron chi connectivity index (χ2n) is 3.58. The smallest absolute Gasteiger partial charge is 0.148 e. The Hall–Kier alpha value is -1.90. The number of furan rings is 1. The molecule has 0 saturated carbocycles. The summed E-state index contributed by atoms with van der Waals surface area (Å²) >= 11 is 0. The molecule has 0 aliphatic heterocycles. The number of halogens is 1. The molecular formula is C13H12FNO. The van der Waals surface area contributed by atoms with Gasteiger partial charge in [0.05, 0.1) is 5.69 Å². The normalized spacial score (nSPS) is 11.2. The van der Waals surface area contributed by atoms with Gasteiger partial charge in [0, 0.05) is 11.8 Å². The Morgan fingerprint density at radius 1 is 1.25 bits per heavy atom. The van der Waals surface area contributed by atoms with E-state index < -0.39 is 0 Å². The molecule has 16 heavy (non-hydrogen) atoms. The van der Waals surface area contributed by atoms with Crippen molar-refractivity contribution < 1.29 is 8.81 Å². The molecule has 0 fully saturated rings. The number of aryl methyl sites for hydroxylation is 2. The minimum Gasteiger partial charge on any atom is -0.466 e. The topological polar surface area (TPSA) is 25.5 Å². The molecule has 1 aromatic carbocycles. The zero-order valence-corrected chi connectivity index (χ0v) is 9.20. The number of hydrogen-bond donors (Lipinski definition) is 0. The fourth-order valence-corrected chi connectivity index (χ4v) is 1.47. The van der Waals surface area contributed by atoms with Crippen LogP contribution in [0.2, 0.25) is 0 Å². The molecule has 3 heteroatoms. The van der Waals surface area contributed by atoms with Crippen LogP contribution in [0.4, 0.5) is 10.1 Å². The largest absolute Gasteiger partial charge is 0.466 e. The van der Waals surface area contributed by atoms with Gasteiger partial charge < -0.3 is 4.42 Å². The standard InChI is InChI=1S/C13H12FNO/c1-9-7-11(10(2)16-9)8-15-13-6-4-3-5-12(13)14/h3-8H,1-2H3. The summed E-state index contributed by atoms with van der Waals surface area (Å²) in [6.07, 6.45) is 1.62. The van der Waals surface area contributed by atoms with E-state index in [-0.39, 0.29) is 5.82 Å². The molecule has 1 heterocycles. The van der Waals surface area contributed by atoms with Crippen molar-refractivity contribution in [1.82, 2.24) is 0 Å². The molecule has 0 radical (unpaired) electrons. The van der Waals surface area contributed by atoms with Crippen LogP contribution in [0.3, 0.4) is 0 Å². The minimum absolute atomic E-state index is 0.323. The molecule has 0 aliphatic carbocycles. The Kier molecular flexibility index (Phi) is 2.86. The molecule has 0 atom stereocenters. The first-order valence-electron chi connectivity index (χ1n) is 5.02. The molecule has 0 spiro atoms. The first kappa shape index (κ1) is 10.6. The van der Waals surface area contributed by atoms with Crippen molar-refractivity contribution >= 4 is 11.9 Å². The quantitative estimate of drug-likeness (QED) is 0.703. The summed E-state index contributed by atoms with van der Waals surface area (Å²) in [7, 11) is 0. The van der Waals surface area contributed by atoms with Gasteiger partial charge in [-0.1, -0.05) is 12.1 Å². The second-order valence-corrected chi connectivity index (χ2v) is 3.58. The molecule has 2 aromatic rings. The first-order valence-corrected chi connectivity index (χ1v) is 5.02. The van der Waals surface area contributed by atoms with Crippen LogP contribution in [0.15, 0.2) is 39.7 Å². The van der Waals surface area contributed by atoms with Crippen LogP contribution in [0.1, 0.15) is 17.1 Å². The van der Waals surface area contributed by atoms with Crippen molar-refractivity contribution in [3.8, 4) is 0 Å². The molecule has 82 valence electrons. The van der Waals surface area contributed by atoms with Gasteiger partial charge in [-0.25, -0.2) is 4.39 Å². The number of rotatable bonds is 2. The Morgan fingerprint density at radius 2 is 2.00 bits per heavy atom. The van der Waals surface area contributed by atoms with Crippen LogP contribution in [0, 0.1) is 19.7 Å². The van der Waals surface area contributed by atoms with Crippen LogP contribution >= 0.6 is 0 Å². The SMILES string of the molecule is Cc1cc(C=Nc2ccccc2F)c(C)o1. The number of para-hydroxylation sites is 1. The van der Waals surface area contributed by atoms with E-state index in [9.17, 15) is 4.39 Å². The molecule has 0 N–H and O–H groups in total. The van der Waals surface area contributed by atoms with Crippen molar-refractivity contribution in [3.63, 3.8) is 0 Å². The maximum Gasteiger partial charge on any atom is 0.148 e. The number of nitrogens with zero attached hydrogens (tertiary/aromatic N) is 1. The highest BCUT2D eigenvalue weighted by Gasteiger charge is 2.02. The summed E-state index contributed by atoms with van der Waals surface area (Å²) in [6.45, 7) is 3.73. The van der Waals surface area contributed by atoms with Crippen molar-refractivity contribution in [2.75, 3.05) is 0 Å². The van der Waals surface area contributed by atoms with E-state index in [0.29, 0.717) is 5.69 Å². The summed E-state index contributed by atoms with van der Waals surface area (Å²) in [5.41, 5.74) is 1.21. The van der Waals surface area contributed by atoms with Crippen molar-refractivity contribution in [2.24, 2.45) is 4.99 Å². The van der Waals surface area contributed by atoms with Gasteiger partial charge in [0.1, 0.15) is 17.3 Å². The van der Waals surface area contributed by atoms with Crippen molar-refractivity contribution in [2.45, 2.75) is 13.8 Å². The van der Waals surface area contributed by atoms with Gasteiger partial charge >= 0.3 is 0 Å². The third kappa shape index (κ3) is 2.19. The van der Waals surface area contributed by atoms with Gasteiger partial charge in [-0.15, -0.1) is 0 Å². The van der Waals surface area contributed by atoms with Crippen LogP contribution in [-0.2, 0) is 0 Å². The Bertz CT molecular complexity index is 528. The number of hydrogen-bond acceptors (Lipinski definition) is 2. The highest BCUT2D eigenvalue weighted by atomic mass is 19.1. The maximum absolute atomic E-state index is 13.3. The van der Waals surface area contributed by atoms with Gasteiger partial charge in [-0.3, -0.25) is 4.99 Å². The third-order valence-electron chi connectivity index (χ3n) is 2.27. The molecule has 0 unspecified atom stereocenters. The Morgan fingerprint density at radius 3 is 2.62 bits per heavy atom. The highest BCUT2D eigenvalue weighted by Crippen LogP contribution is 2.17. The lowest BCUT2D eigenvalue weighted by Gasteiger charge is -1.94. The lowest BCUT2D eigenvalue weighted by Crippen LogP contribution is -1.80. The first-order chi connectivity index (χ1) is 7.66. The summed E-state index contributed by atoms with van der Waals surface area (Å²) in [5, 5.41) is 0. The average Bonchev–Trinajstić information content (AvgIpc) is 2.56. The van der Waals surface area contributed by atoms with Gasteiger partial charge in [0.2, 0.25) is 0 Å². The zero-order valence-electron chi connectivity index (χ0n) is 9.20. The van der Waals surface area contributed by atoms with E-state index in [1.807, 2.05) is 19.9 Å². The number of benzene rings is 1. The Balaban J connectivity index is 2.28. The third-order valence-corrected chi connectivity index (χ3v) is 2.27. The minimum atomic E-state index is -0.323. The second kappa shape index (κ2) is 4.31. The van der Waals surface area contributed by atoms with E-state index in [1.165, 1.54) is 6.07 Å². The maximum atomic E-state index is 13.3. The Labute approximate surface area is 93.4 Å². The van der Waals surface area contributed by atoms with Crippen LogP contribution < -0.4 is 0 Å². The zero-order chi connectivity index (χ0) is 11.5. The fourth-order valence-electron chi connectivity index (χ4n) is 1.47. The fraction of sp³-hybridized carbons (Fsp3) is 0.154. The molecule has 0 amide bonds. The summed E-state index contributed by atoms with van der Waals surface area (Å²) < 4.78 is 18.6. The number of aliphatic imine (C=N–C) groups is 1. The lowest BCUT2D eigenvalue weighted by molar-refractivity contribution is 0.504. The average molecular weight is 217 g/mol. The van der Waals surface area contributed by atoms with E-state index >= 15 is 0 Å². The monoisotopic (exact) mass is 217 g/mol. The molecule has 2 rings (SSSR count).